The normalized spacial score (nSPS) is 14.6. The fraction of sp³-hybridized carbons (Fsp3) is 0.312. The predicted octanol–water partition coefficient (Wildman–Crippen LogP) is 5.82. The van der Waals surface area contributed by atoms with Crippen LogP contribution in [0.15, 0.2) is 87.2 Å². The summed E-state index contributed by atoms with van der Waals surface area (Å²) in [5.41, 5.74) is 4.13. The molecule has 39 heavy (non-hydrogen) atoms. The molecule has 0 unspecified atom stereocenters. The van der Waals surface area contributed by atoms with Gasteiger partial charge in [0.05, 0.1) is 26.3 Å². The van der Waals surface area contributed by atoms with E-state index in [1.165, 1.54) is 0 Å². The fourth-order valence-corrected chi connectivity index (χ4v) is 4.88. The molecular formula is C32H34N4O3. The van der Waals surface area contributed by atoms with Crippen molar-refractivity contribution in [3.8, 4) is 22.8 Å². The van der Waals surface area contributed by atoms with Gasteiger partial charge in [0.25, 0.3) is 0 Å². The second-order valence-corrected chi connectivity index (χ2v) is 9.84. The van der Waals surface area contributed by atoms with Crippen LogP contribution in [0.3, 0.4) is 0 Å². The lowest BCUT2D eigenvalue weighted by molar-refractivity contribution is 0.287. The first kappa shape index (κ1) is 25.0. The summed E-state index contributed by atoms with van der Waals surface area (Å²) in [6.45, 7) is 4.95. The predicted molar refractivity (Wildman–Crippen MR) is 156 cm³/mol. The number of nitrogens with one attached hydrogen (secondary N) is 2. The molecule has 1 aromatic heterocycles. The van der Waals surface area contributed by atoms with E-state index in [9.17, 15) is 0 Å². The van der Waals surface area contributed by atoms with E-state index in [1.54, 1.807) is 0 Å². The molecule has 0 saturated heterocycles. The number of hydrogen-bond donors (Lipinski definition) is 2. The monoisotopic (exact) mass is 522 g/mol. The smallest absolute Gasteiger partial charge is 0.135 e. The summed E-state index contributed by atoms with van der Waals surface area (Å²) in [5.74, 6) is 4.59. The van der Waals surface area contributed by atoms with Gasteiger partial charge in [-0.25, -0.2) is 0 Å². The molecule has 2 aliphatic rings. The quantitative estimate of drug-likeness (QED) is 0.229. The number of unbranched alkanes of at least 4 members (excludes halogenated alkanes) is 3. The van der Waals surface area contributed by atoms with Gasteiger partial charge in [-0.2, -0.15) is 0 Å². The highest BCUT2D eigenvalue weighted by atomic mass is 16.5. The van der Waals surface area contributed by atoms with Crippen LogP contribution >= 0.6 is 0 Å². The zero-order valence-electron chi connectivity index (χ0n) is 22.1. The summed E-state index contributed by atoms with van der Waals surface area (Å²) in [6, 6.07) is 24.6. The highest BCUT2D eigenvalue weighted by molar-refractivity contribution is 6.02. The first-order valence-corrected chi connectivity index (χ1v) is 13.9. The molecule has 2 aliphatic heterocycles. The Morgan fingerprint density at radius 3 is 1.77 bits per heavy atom. The Morgan fingerprint density at radius 1 is 0.615 bits per heavy atom. The minimum atomic E-state index is 0.713. The van der Waals surface area contributed by atoms with Gasteiger partial charge in [0.15, 0.2) is 0 Å². The average molecular weight is 523 g/mol. The zero-order chi connectivity index (χ0) is 26.3. The molecule has 7 heteroatoms. The molecule has 0 spiro atoms. The van der Waals surface area contributed by atoms with E-state index in [2.05, 4.69) is 63.1 Å². The standard InChI is InChI=1S/C32H34N4O3/c1(2-4-20-38-28-12-7-24(8-13-28)31-33-15-16-34-31)3-19-37-27-10-5-23(6-11-27)30-22-26-21-25(9-14-29(26)39-30)32-35-17-18-36-32/h5-14,21-22H,1-4,15-20H2,(H,33,34)(H,35,36). The number of ether oxygens (including phenoxy) is 2. The highest BCUT2D eigenvalue weighted by Crippen LogP contribution is 2.30. The SMILES string of the molecule is c1cc(C2=NCCN2)ccc1OCCCCCCOc1ccc(-c2cc3cc(C4=NCCN4)ccc3o2)cc1. The molecule has 3 heterocycles. The zero-order valence-corrected chi connectivity index (χ0v) is 22.1. The van der Waals surface area contributed by atoms with Crippen LogP contribution in [0.2, 0.25) is 0 Å². The number of hydrogen-bond acceptors (Lipinski definition) is 7. The van der Waals surface area contributed by atoms with Crippen molar-refractivity contribution in [1.29, 1.82) is 0 Å². The van der Waals surface area contributed by atoms with Crippen LogP contribution in [0.1, 0.15) is 36.8 Å². The van der Waals surface area contributed by atoms with Gasteiger partial charge in [-0.05, 0) is 98.5 Å². The summed E-state index contributed by atoms with van der Waals surface area (Å²) in [4.78, 5) is 8.96. The van der Waals surface area contributed by atoms with E-state index in [0.717, 1.165) is 115 Å². The molecule has 4 aromatic rings. The number of amidine groups is 2. The minimum absolute atomic E-state index is 0.713. The summed E-state index contributed by atoms with van der Waals surface area (Å²) < 4.78 is 17.9. The Morgan fingerprint density at radius 2 is 1.18 bits per heavy atom. The Balaban J connectivity index is 0.894. The van der Waals surface area contributed by atoms with Crippen molar-refractivity contribution in [2.75, 3.05) is 39.4 Å². The first-order chi connectivity index (χ1) is 19.3. The average Bonchev–Trinajstić information content (AvgIpc) is 3.77. The lowest BCUT2D eigenvalue weighted by atomic mass is 10.1. The van der Waals surface area contributed by atoms with Crippen molar-refractivity contribution in [3.63, 3.8) is 0 Å². The van der Waals surface area contributed by atoms with Gasteiger partial charge in [0, 0.05) is 35.2 Å². The Kier molecular flexibility index (Phi) is 7.75. The van der Waals surface area contributed by atoms with Gasteiger partial charge in [0.1, 0.15) is 34.5 Å². The second-order valence-electron chi connectivity index (χ2n) is 9.84. The number of rotatable bonds is 12. The van der Waals surface area contributed by atoms with E-state index < -0.39 is 0 Å². The minimum Gasteiger partial charge on any atom is -0.494 e. The van der Waals surface area contributed by atoms with E-state index in [1.807, 2.05) is 30.3 Å². The van der Waals surface area contributed by atoms with Crippen LogP contribution in [0.5, 0.6) is 11.5 Å². The molecule has 0 radical (unpaired) electrons. The Bertz CT molecular complexity index is 1460. The lowest BCUT2D eigenvalue weighted by Crippen LogP contribution is -2.19. The van der Waals surface area contributed by atoms with Gasteiger partial charge in [-0.3, -0.25) is 9.98 Å². The lowest BCUT2D eigenvalue weighted by Gasteiger charge is -2.08. The van der Waals surface area contributed by atoms with E-state index in [4.69, 9.17) is 13.9 Å². The summed E-state index contributed by atoms with van der Waals surface area (Å²) in [6.07, 6.45) is 4.30. The van der Waals surface area contributed by atoms with Crippen LogP contribution in [0.25, 0.3) is 22.3 Å². The number of benzene rings is 3. The molecule has 0 aliphatic carbocycles. The maximum atomic E-state index is 6.09. The molecule has 6 rings (SSSR count). The van der Waals surface area contributed by atoms with Crippen molar-refractivity contribution >= 4 is 22.6 Å². The second kappa shape index (κ2) is 12.1. The van der Waals surface area contributed by atoms with E-state index in [0.29, 0.717) is 6.61 Å². The van der Waals surface area contributed by atoms with Crippen molar-refractivity contribution in [2.24, 2.45) is 9.98 Å². The van der Waals surface area contributed by atoms with Crippen LogP contribution in [0.4, 0.5) is 0 Å². The van der Waals surface area contributed by atoms with Crippen LogP contribution in [0, 0.1) is 0 Å². The third-order valence-electron chi connectivity index (χ3n) is 6.98. The molecule has 0 fully saturated rings. The number of fused-ring (bicyclic) bond motifs is 1. The van der Waals surface area contributed by atoms with Gasteiger partial charge in [-0.15, -0.1) is 0 Å². The molecular weight excluding hydrogens is 488 g/mol. The molecule has 0 saturated carbocycles. The highest BCUT2D eigenvalue weighted by Gasteiger charge is 2.12. The Hall–Kier alpha value is -4.26. The number of aliphatic imine (C=N–C) groups is 2. The van der Waals surface area contributed by atoms with Crippen LogP contribution in [-0.2, 0) is 0 Å². The van der Waals surface area contributed by atoms with Gasteiger partial charge in [0.2, 0.25) is 0 Å². The van der Waals surface area contributed by atoms with Crippen molar-refractivity contribution in [1.82, 2.24) is 10.6 Å². The molecule has 3 aromatic carbocycles. The van der Waals surface area contributed by atoms with Gasteiger partial charge >= 0.3 is 0 Å². The Labute approximate surface area is 229 Å². The van der Waals surface area contributed by atoms with Crippen LogP contribution in [-0.4, -0.2) is 51.1 Å². The van der Waals surface area contributed by atoms with Gasteiger partial charge in [-0.1, -0.05) is 0 Å². The van der Waals surface area contributed by atoms with E-state index in [-0.39, 0.29) is 0 Å². The topological polar surface area (TPSA) is 80.4 Å². The van der Waals surface area contributed by atoms with Gasteiger partial charge < -0.3 is 24.5 Å². The molecule has 200 valence electrons. The largest absolute Gasteiger partial charge is 0.494 e. The molecule has 0 bridgehead atoms. The van der Waals surface area contributed by atoms with Crippen molar-refractivity contribution < 1.29 is 13.9 Å². The molecule has 0 atom stereocenters. The third kappa shape index (κ3) is 6.25. The maximum absolute atomic E-state index is 6.09. The molecule has 7 nitrogen and oxygen atoms in total. The molecule has 0 amide bonds. The third-order valence-corrected chi connectivity index (χ3v) is 6.98. The van der Waals surface area contributed by atoms with Crippen molar-refractivity contribution in [3.05, 3.63) is 83.9 Å². The first-order valence-electron chi connectivity index (χ1n) is 13.9. The summed E-state index contributed by atoms with van der Waals surface area (Å²) >= 11 is 0. The maximum Gasteiger partial charge on any atom is 0.135 e. The van der Waals surface area contributed by atoms with Crippen molar-refractivity contribution in [2.45, 2.75) is 25.7 Å². The van der Waals surface area contributed by atoms with Crippen LogP contribution < -0.4 is 20.1 Å². The van der Waals surface area contributed by atoms with E-state index >= 15 is 0 Å². The number of furan rings is 1. The fourth-order valence-electron chi connectivity index (χ4n) is 4.88. The number of nitrogens with zero attached hydrogens (tertiary/aromatic N) is 2. The summed E-state index contributed by atoms with van der Waals surface area (Å²) in [5, 5.41) is 7.70. The molecule has 2 N–H and O–H groups in total. The summed E-state index contributed by atoms with van der Waals surface area (Å²) in [7, 11) is 0.